The van der Waals surface area contributed by atoms with Crippen molar-refractivity contribution in [3.63, 3.8) is 0 Å². The smallest absolute Gasteiger partial charge is 0.275 e. The Labute approximate surface area is 176 Å². The van der Waals surface area contributed by atoms with E-state index in [2.05, 4.69) is 66.3 Å². The molecule has 3 N–H and O–H groups in total. The Hall–Kier alpha value is -2.63. The van der Waals surface area contributed by atoms with Crippen LogP contribution in [0.2, 0.25) is 0 Å². The first-order valence-corrected chi connectivity index (χ1v) is 10.8. The number of hydrogen-bond acceptors (Lipinski definition) is 3. The van der Waals surface area contributed by atoms with E-state index < -0.39 is 0 Å². The molecule has 0 unspecified atom stereocenters. The number of nitrogens with two attached hydrogens (primary N) is 1. The molecule has 152 valence electrons. The van der Waals surface area contributed by atoms with Gasteiger partial charge in [-0.15, -0.1) is 11.3 Å². The molecule has 3 aromatic rings. The van der Waals surface area contributed by atoms with Crippen molar-refractivity contribution in [1.29, 1.82) is 0 Å². The number of benzene rings is 2. The van der Waals surface area contributed by atoms with Crippen molar-refractivity contribution in [2.24, 2.45) is 0 Å². The van der Waals surface area contributed by atoms with Gasteiger partial charge in [0.15, 0.2) is 6.54 Å². The summed E-state index contributed by atoms with van der Waals surface area (Å²) >= 11 is 1.73. The van der Waals surface area contributed by atoms with Crippen LogP contribution in [0.15, 0.2) is 66.0 Å². The fourth-order valence-electron chi connectivity index (χ4n) is 3.21. The number of nitrogens with one attached hydrogen (secondary N) is 1. The van der Waals surface area contributed by atoms with Gasteiger partial charge in [-0.05, 0) is 40.6 Å². The van der Waals surface area contributed by atoms with Crippen LogP contribution in [0.1, 0.15) is 47.4 Å². The van der Waals surface area contributed by atoms with E-state index in [9.17, 15) is 4.79 Å². The number of quaternary nitrogens is 1. The fourth-order valence-corrected chi connectivity index (χ4v) is 4.06. The van der Waals surface area contributed by atoms with E-state index in [4.69, 9.17) is 4.74 Å². The number of carbonyl (C=O) groups is 1. The van der Waals surface area contributed by atoms with Crippen molar-refractivity contribution < 1.29 is 14.8 Å². The van der Waals surface area contributed by atoms with Crippen LogP contribution in [0.3, 0.4) is 0 Å². The van der Waals surface area contributed by atoms with Crippen LogP contribution < -0.4 is 15.4 Å². The Balaban J connectivity index is 1.60. The zero-order valence-corrected chi connectivity index (χ0v) is 18.0. The number of amides is 1. The summed E-state index contributed by atoms with van der Waals surface area (Å²) in [7, 11) is 1.65. The summed E-state index contributed by atoms with van der Waals surface area (Å²) in [5.41, 5.74) is 3.61. The average Bonchev–Trinajstić information content (AvgIpc) is 3.27. The van der Waals surface area contributed by atoms with Crippen LogP contribution in [-0.4, -0.2) is 19.6 Å². The van der Waals surface area contributed by atoms with E-state index in [1.54, 1.807) is 18.4 Å². The van der Waals surface area contributed by atoms with E-state index in [-0.39, 0.29) is 11.9 Å². The van der Waals surface area contributed by atoms with E-state index in [1.807, 2.05) is 24.3 Å². The summed E-state index contributed by atoms with van der Waals surface area (Å²) in [5, 5.41) is 7.20. The lowest BCUT2D eigenvalue weighted by molar-refractivity contribution is -0.676. The molecule has 0 radical (unpaired) electrons. The molecule has 29 heavy (non-hydrogen) atoms. The van der Waals surface area contributed by atoms with Gasteiger partial charge < -0.3 is 15.4 Å². The van der Waals surface area contributed by atoms with E-state index in [1.165, 1.54) is 16.0 Å². The second-order valence-electron chi connectivity index (χ2n) is 7.38. The molecule has 0 saturated carbocycles. The summed E-state index contributed by atoms with van der Waals surface area (Å²) in [5.74, 6) is 1.36. The predicted octanol–water partition coefficient (Wildman–Crippen LogP) is 3.85. The van der Waals surface area contributed by atoms with Crippen molar-refractivity contribution >= 4 is 17.2 Å². The van der Waals surface area contributed by atoms with Gasteiger partial charge in [-0.25, -0.2) is 0 Å². The number of carbonyl (C=O) groups excluding carboxylic acids is 1. The SMILES string of the molecule is COc1ccc(CNC(=O)C[NH2+][C@@H](c2ccc(C(C)C)cc2)c2cccs2)cc1. The van der Waals surface area contributed by atoms with Crippen LogP contribution >= 0.6 is 11.3 Å². The lowest BCUT2D eigenvalue weighted by atomic mass is 9.98. The number of ether oxygens (including phenoxy) is 1. The minimum absolute atomic E-state index is 0.0289. The van der Waals surface area contributed by atoms with Crippen molar-refractivity contribution in [2.75, 3.05) is 13.7 Å². The first kappa shape index (κ1) is 21.1. The topological polar surface area (TPSA) is 54.9 Å². The molecule has 1 atom stereocenters. The minimum Gasteiger partial charge on any atom is -0.497 e. The number of hydrogen-bond donors (Lipinski definition) is 2. The molecule has 1 aromatic heterocycles. The molecule has 1 heterocycles. The molecule has 5 heteroatoms. The maximum absolute atomic E-state index is 12.4. The van der Waals surface area contributed by atoms with Gasteiger partial charge in [0, 0.05) is 12.1 Å². The molecule has 3 rings (SSSR count). The van der Waals surface area contributed by atoms with Gasteiger partial charge in [0.2, 0.25) is 0 Å². The lowest BCUT2D eigenvalue weighted by Gasteiger charge is -2.16. The van der Waals surface area contributed by atoms with Crippen LogP contribution in [0.5, 0.6) is 5.75 Å². The summed E-state index contributed by atoms with van der Waals surface area (Å²) in [6, 6.07) is 20.8. The Bertz CT molecular complexity index is 888. The molecule has 0 aliphatic carbocycles. The first-order chi connectivity index (χ1) is 14.1. The average molecular weight is 410 g/mol. The molecule has 0 bridgehead atoms. The fraction of sp³-hybridized carbons (Fsp3) is 0.292. The standard InChI is InChI=1S/C24H28N2O2S/c1-17(2)19-8-10-20(11-9-19)24(22-5-4-14-29-22)26-16-23(27)25-15-18-6-12-21(28-3)13-7-18/h4-14,17,24,26H,15-16H2,1-3H3,(H,25,27)/p+1/t24-/m0/s1. The molecule has 2 aromatic carbocycles. The normalized spacial score (nSPS) is 12.0. The van der Waals surface area contributed by atoms with Gasteiger partial charge in [0.1, 0.15) is 11.8 Å². The van der Waals surface area contributed by atoms with E-state index in [0.717, 1.165) is 11.3 Å². The zero-order valence-electron chi connectivity index (χ0n) is 17.2. The summed E-state index contributed by atoms with van der Waals surface area (Å²) in [6.07, 6.45) is 0. The van der Waals surface area contributed by atoms with Gasteiger partial charge in [-0.1, -0.05) is 56.3 Å². The third-order valence-electron chi connectivity index (χ3n) is 5.00. The molecule has 4 nitrogen and oxygen atoms in total. The second kappa shape index (κ2) is 10.2. The molecular formula is C24H29N2O2S+. The Morgan fingerprint density at radius 2 is 1.72 bits per heavy atom. The first-order valence-electron chi connectivity index (χ1n) is 9.93. The Morgan fingerprint density at radius 3 is 2.31 bits per heavy atom. The number of rotatable bonds is 9. The van der Waals surface area contributed by atoms with Crippen molar-refractivity contribution in [2.45, 2.75) is 32.4 Å². The third kappa shape index (κ3) is 5.92. The van der Waals surface area contributed by atoms with Gasteiger partial charge in [0.25, 0.3) is 5.91 Å². The van der Waals surface area contributed by atoms with Crippen LogP contribution in [-0.2, 0) is 11.3 Å². The van der Waals surface area contributed by atoms with Crippen LogP contribution in [0.4, 0.5) is 0 Å². The summed E-state index contributed by atoms with van der Waals surface area (Å²) in [4.78, 5) is 13.7. The quantitative estimate of drug-likeness (QED) is 0.564. The molecule has 0 saturated heterocycles. The molecule has 0 fully saturated rings. The van der Waals surface area contributed by atoms with Crippen LogP contribution in [0, 0.1) is 0 Å². The minimum atomic E-state index is 0.0289. The highest BCUT2D eigenvalue weighted by atomic mass is 32.1. The number of thiophene rings is 1. The molecule has 0 spiro atoms. The second-order valence-corrected chi connectivity index (χ2v) is 8.36. The molecular weight excluding hydrogens is 380 g/mol. The molecule has 0 aliphatic heterocycles. The predicted molar refractivity (Wildman–Crippen MR) is 118 cm³/mol. The van der Waals surface area contributed by atoms with Crippen molar-refractivity contribution in [3.05, 3.63) is 87.6 Å². The van der Waals surface area contributed by atoms with Gasteiger partial charge >= 0.3 is 0 Å². The van der Waals surface area contributed by atoms with Gasteiger partial charge in [0.05, 0.1) is 12.0 Å². The lowest BCUT2D eigenvalue weighted by Crippen LogP contribution is -2.87. The summed E-state index contributed by atoms with van der Waals surface area (Å²) in [6.45, 7) is 5.30. The van der Waals surface area contributed by atoms with E-state index in [0.29, 0.717) is 19.0 Å². The van der Waals surface area contributed by atoms with E-state index >= 15 is 0 Å². The molecule has 0 aliphatic rings. The monoisotopic (exact) mass is 409 g/mol. The Morgan fingerprint density at radius 1 is 1.03 bits per heavy atom. The highest BCUT2D eigenvalue weighted by molar-refractivity contribution is 7.10. The summed E-state index contributed by atoms with van der Waals surface area (Å²) < 4.78 is 5.17. The molecule has 1 amide bonds. The van der Waals surface area contributed by atoms with Gasteiger partial charge in [-0.3, -0.25) is 4.79 Å². The largest absolute Gasteiger partial charge is 0.497 e. The zero-order chi connectivity index (χ0) is 20.6. The van der Waals surface area contributed by atoms with Crippen molar-refractivity contribution in [1.82, 2.24) is 5.32 Å². The number of methoxy groups -OCH3 is 1. The highest BCUT2D eigenvalue weighted by Crippen LogP contribution is 2.24. The highest BCUT2D eigenvalue weighted by Gasteiger charge is 2.20. The van der Waals surface area contributed by atoms with Crippen molar-refractivity contribution in [3.8, 4) is 5.75 Å². The Kier molecular flexibility index (Phi) is 7.44. The maximum atomic E-state index is 12.4. The van der Waals surface area contributed by atoms with Crippen LogP contribution in [0.25, 0.3) is 0 Å². The maximum Gasteiger partial charge on any atom is 0.275 e. The van der Waals surface area contributed by atoms with Gasteiger partial charge in [-0.2, -0.15) is 0 Å². The third-order valence-corrected chi connectivity index (χ3v) is 5.96.